The molecule has 0 aliphatic carbocycles. The van der Waals surface area contributed by atoms with Gasteiger partial charge in [-0.3, -0.25) is 19.2 Å². The highest BCUT2D eigenvalue weighted by molar-refractivity contribution is 8.00. The number of hydrogen-bond acceptors (Lipinski definition) is 7. The van der Waals surface area contributed by atoms with E-state index in [1.54, 1.807) is 42.5 Å². The highest BCUT2D eigenvalue weighted by Crippen LogP contribution is 2.54. The molecule has 4 aromatic carbocycles. The van der Waals surface area contributed by atoms with Crippen molar-refractivity contribution in [2.45, 2.75) is 16.2 Å². The number of nitrogens with zero attached hydrogens (tertiary/aromatic N) is 1. The van der Waals surface area contributed by atoms with Gasteiger partial charge in [0, 0.05) is 32.1 Å². The van der Waals surface area contributed by atoms with E-state index in [0.717, 1.165) is 22.1 Å². The molecule has 1 saturated heterocycles. The molecular weight excluding hydrogens is 641 g/mol. The van der Waals surface area contributed by atoms with E-state index >= 15 is 0 Å². The Balaban J connectivity index is 1.21. The van der Waals surface area contributed by atoms with E-state index in [1.807, 2.05) is 42.5 Å². The number of anilines is 2. The molecule has 1 fully saturated rings. The zero-order valence-corrected chi connectivity index (χ0v) is 25.7. The molecule has 2 aliphatic heterocycles. The second kappa shape index (κ2) is 11.4. The van der Waals surface area contributed by atoms with Crippen LogP contribution < -0.4 is 19.8 Å². The van der Waals surface area contributed by atoms with Gasteiger partial charge in [0.1, 0.15) is 11.0 Å². The number of hydrogen-bond donors (Lipinski definition) is 2. The van der Waals surface area contributed by atoms with Crippen LogP contribution in [-0.4, -0.2) is 34.6 Å². The maximum Gasteiger partial charge on any atom is 0.305 e. The van der Waals surface area contributed by atoms with E-state index in [1.165, 1.54) is 16.7 Å². The number of thiazole rings is 1. The Morgan fingerprint density at radius 1 is 0.886 bits per heavy atom. The van der Waals surface area contributed by atoms with Gasteiger partial charge < -0.3 is 15.0 Å². The lowest BCUT2D eigenvalue weighted by atomic mass is 9.82. The number of aromatic nitrogens is 1. The number of imide groups is 1. The van der Waals surface area contributed by atoms with Gasteiger partial charge in [-0.2, -0.15) is 0 Å². The molecule has 3 heterocycles. The molecular formula is C32H21Cl2N3O5S2. The zero-order valence-electron chi connectivity index (χ0n) is 22.6. The van der Waals surface area contributed by atoms with Crippen molar-refractivity contribution in [2.75, 3.05) is 16.8 Å². The first kappa shape index (κ1) is 28.7. The highest BCUT2D eigenvalue weighted by atomic mass is 35.5. The van der Waals surface area contributed by atoms with Crippen LogP contribution in [0.4, 0.5) is 11.4 Å². The first-order chi connectivity index (χ1) is 21.3. The molecule has 5 aromatic rings. The molecule has 1 aromatic heterocycles. The van der Waals surface area contributed by atoms with Gasteiger partial charge in [-0.25, -0.2) is 4.90 Å². The maximum absolute atomic E-state index is 14.0. The van der Waals surface area contributed by atoms with Gasteiger partial charge in [0.2, 0.25) is 11.8 Å². The van der Waals surface area contributed by atoms with Crippen LogP contribution in [0.25, 0.3) is 10.8 Å². The lowest BCUT2D eigenvalue weighted by Crippen LogP contribution is -2.32. The number of H-pyrrole nitrogens is 1. The second-order valence-corrected chi connectivity index (χ2v) is 13.4. The quantitative estimate of drug-likeness (QED) is 0.196. The van der Waals surface area contributed by atoms with Crippen molar-refractivity contribution in [3.05, 3.63) is 115 Å². The van der Waals surface area contributed by atoms with Crippen LogP contribution in [0, 0.1) is 5.92 Å². The first-order valence-electron chi connectivity index (χ1n) is 13.5. The number of carbonyl (C=O) groups excluding carboxylic acids is 3. The van der Waals surface area contributed by atoms with E-state index in [0.29, 0.717) is 42.6 Å². The number of aromatic amines is 1. The van der Waals surface area contributed by atoms with Crippen LogP contribution in [0.1, 0.15) is 16.4 Å². The Morgan fingerprint density at radius 3 is 2.43 bits per heavy atom. The van der Waals surface area contributed by atoms with Crippen molar-refractivity contribution in [1.82, 2.24) is 4.98 Å². The summed E-state index contributed by atoms with van der Waals surface area (Å²) in [5.74, 6) is -2.46. The van der Waals surface area contributed by atoms with Crippen LogP contribution in [0.15, 0.2) is 94.7 Å². The Hall–Kier alpha value is -4.09. The Bertz CT molecular complexity index is 2030. The normalized spacial score (nSPS) is 19.1. The van der Waals surface area contributed by atoms with E-state index < -0.39 is 28.9 Å². The largest absolute Gasteiger partial charge is 0.483 e. The average Bonchev–Trinajstić information content (AvgIpc) is 3.51. The molecule has 44 heavy (non-hydrogen) atoms. The third kappa shape index (κ3) is 5.17. The third-order valence-corrected chi connectivity index (χ3v) is 10.5. The zero-order chi connectivity index (χ0) is 30.5. The molecule has 0 spiro atoms. The topological polar surface area (TPSA) is 109 Å². The summed E-state index contributed by atoms with van der Waals surface area (Å²) < 4.78 is 6.04. The molecule has 0 bridgehead atoms. The van der Waals surface area contributed by atoms with E-state index in [4.69, 9.17) is 27.9 Å². The number of fused-ring (bicyclic) bond motifs is 3. The molecule has 3 unspecified atom stereocenters. The number of thioether (sulfide) groups is 1. The fraction of sp³-hybridized carbons (Fsp3) is 0.125. The van der Waals surface area contributed by atoms with Crippen molar-refractivity contribution in [3.63, 3.8) is 0 Å². The molecule has 7 rings (SSSR count). The standard InChI is InChI=1S/C32H21Cl2N3O5S2/c33-18-6-10-21(11-7-18)37-30(39)26-25(27-29(36-32(41)44-27)43-28(26)31(37)40)22-14-19(34)8-12-23(22)42-15-24(38)35-20-9-5-16-3-1-2-4-17(16)13-20/h1-14,25-26,28H,15H2,(H,35,38)(H,36,41). The Morgan fingerprint density at radius 2 is 1.64 bits per heavy atom. The maximum atomic E-state index is 14.0. The second-order valence-electron chi connectivity index (χ2n) is 10.3. The van der Waals surface area contributed by atoms with Crippen molar-refractivity contribution >= 4 is 86.2 Å². The van der Waals surface area contributed by atoms with Gasteiger partial charge in [-0.15, -0.1) is 0 Å². The third-order valence-electron chi connectivity index (χ3n) is 7.61. The van der Waals surface area contributed by atoms with E-state index in [-0.39, 0.29) is 17.4 Å². The number of benzene rings is 4. The molecule has 220 valence electrons. The lowest BCUT2D eigenvalue weighted by Gasteiger charge is -2.31. The van der Waals surface area contributed by atoms with Crippen LogP contribution >= 0.6 is 46.3 Å². The summed E-state index contributed by atoms with van der Waals surface area (Å²) in [6.07, 6.45) is 0. The fourth-order valence-electron chi connectivity index (χ4n) is 5.70. The highest BCUT2D eigenvalue weighted by Gasteiger charge is 2.56. The van der Waals surface area contributed by atoms with E-state index in [9.17, 15) is 19.2 Å². The summed E-state index contributed by atoms with van der Waals surface area (Å²) in [5, 5.41) is 5.46. The van der Waals surface area contributed by atoms with Gasteiger partial charge in [-0.1, -0.05) is 76.6 Å². The van der Waals surface area contributed by atoms with Gasteiger partial charge in [0.05, 0.1) is 16.6 Å². The van der Waals surface area contributed by atoms with Crippen LogP contribution in [0.3, 0.4) is 0 Å². The Kier molecular flexibility index (Phi) is 7.45. The summed E-state index contributed by atoms with van der Waals surface area (Å²) in [4.78, 5) is 57.5. The molecule has 0 saturated carbocycles. The van der Waals surface area contributed by atoms with E-state index in [2.05, 4.69) is 10.3 Å². The van der Waals surface area contributed by atoms with Gasteiger partial charge >= 0.3 is 4.87 Å². The fourth-order valence-corrected chi connectivity index (χ4v) is 8.51. The summed E-state index contributed by atoms with van der Waals surface area (Å²) in [7, 11) is 0. The molecule has 3 atom stereocenters. The summed E-state index contributed by atoms with van der Waals surface area (Å²) in [6.45, 7) is -0.322. The van der Waals surface area contributed by atoms with Crippen molar-refractivity contribution in [2.24, 2.45) is 5.92 Å². The van der Waals surface area contributed by atoms with Crippen molar-refractivity contribution < 1.29 is 19.1 Å². The number of halogens is 2. The minimum atomic E-state index is -0.852. The number of amides is 3. The minimum Gasteiger partial charge on any atom is -0.483 e. The molecule has 2 N–H and O–H groups in total. The Labute approximate surface area is 268 Å². The SMILES string of the molecule is O=C(COc1ccc(Cl)cc1C1c2sc(=O)[nH]c2SC2C(=O)N(c3ccc(Cl)cc3)C(=O)C21)Nc1ccc2ccccc2c1. The molecule has 0 radical (unpaired) electrons. The van der Waals surface area contributed by atoms with Crippen LogP contribution in [0.5, 0.6) is 5.75 Å². The van der Waals surface area contributed by atoms with Crippen LogP contribution in [0.2, 0.25) is 10.0 Å². The molecule has 8 nitrogen and oxygen atoms in total. The monoisotopic (exact) mass is 661 g/mol. The predicted molar refractivity (Wildman–Crippen MR) is 173 cm³/mol. The summed E-state index contributed by atoms with van der Waals surface area (Å²) in [5.41, 5.74) is 1.53. The number of nitrogens with one attached hydrogen (secondary N) is 2. The number of carbonyl (C=O) groups is 3. The molecule has 2 aliphatic rings. The summed E-state index contributed by atoms with van der Waals surface area (Å²) in [6, 6.07) is 24.8. The first-order valence-corrected chi connectivity index (χ1v) is 16.0. The van der Waals surface area contributed by atoms with Gasteiger partial charge in [0.25, 0.3) is 5.91 Å². The van der Waals surface area contributed by atoms with Gasteiger partial charge in [-0.05, 0) is 65.4 Å². The van der Waals surface area contributed by atoms with Gasteiger partial charge in [0.15, 0.2) is 6.61 Å². The van der Waals surface area contributed by atoms with Crippen molar-refractivity contribution in [3.8, 4) is 5.75 Å². The number of ether oxygens (including phenoxy) is 1. The number of rotatable bonds is 6. The van der Waals surface area contributed by atoms with Crippen molar-refractivity contribution in [1.29, 1.82) is 0 Å². The average molecular weight is 663 g/mol. The molecule has 12 heteroatoms. The van der Waals surface area contributed by atoms with Crippen LogP contribution in [-0.2, 0) is 14.4 Å². The summed E-state index contributed by atoms with van der Waals surface area (Å²) >= 11 is 14.6. The lowest BCUT2D eigenvalue weighted by molar-refractivity contribution is -0.122. The predicted octanol–water partition coefficient (Wildman–Crippen LogP) is 6.71. The smallest absolute Gasteiger partial charge is 0.305 e. The minimum absolute atomic E-state index is 0.304. The molecule has 3 amide bonds.